The molecule has 0 radical (unpaired) electrons. The fourth-order valence-electron chi connectivity index (χ4n) is 6.29. The van der Waals surface area contributed by atoms with Crippen LogP contribution in [0.5, 0.6) is 11.5 Å². The Morgan fingerprint density at radius 1 is 0.938 bits per heavy atom. The number of methoxy groups -OCH3 is 2. The molecule has 3 aromatic carbocycles. The molecule has 3 aromatic rings. The lowest BCUT2D eigenvalue weighted by atomic mass is 9.88. The van der Waals surface area contributed by atoms with Crippen LogP contribution >= 0.6 is 11.6 Å². The third-order valence-electron chi connectivity index (χ3n) is 8.88. The molecule has 48 heavy (non-hydrogen) atoms. The molecule has 1 unspecified atom stereocenters. The number of halogens is 1. The van der Waals surface area contributed by atoms with Gasteiger partial charge in [-0.2, -0.15) is 0 Å². The van der Waals surface area contributed by atoms with E-state index in [0.717, 1.165) is 83.5 Å². The summed E-state index contributed by atoms with van der Waals surface area (Å²) in [7, 11) is 3.32. The van der Waals surface area contributed by atoms with Gasteiger partial charge in [-0.25, -0.2) is 0 Å². The molecule has 1 atom stereocenters. The highest BCUT2D eigenvalue weighted by molar-refractivity contribution is 6.31. The Hall–Kier alpha value is -3.40. The second-order valence-electron chi connectivity index (χ2n) is 12.6. The molecule has 9 heteroatoms. The molecule has 258 valence electrons. The maximum absolute atomic E-state index is 14.7. The van der Waals surface area contributed by atoms with Crippen molar-refractivity contribution in [2.24, 2.45) is 0 Å². The highest BCUT2D eigenvalue weighted by atomic mass is 35.5. The zero-order valence-electron chi connectivity index (χ0n) is 28.7. The van der Waals surface area contributed by atoms with Crippen LogP contribution in [0, 0.1) is 13.8 Å². The van der Waals surface area contributed by atoms with Crippen molar-refractivity contribution in [3.8, 4) is 11.5 Å². The predicted octanol–water partition coefficient (Wildman–Crippen LogP) is 6.92. The summed E-state index contributed by atoms with van der Waals surface area (Å²) in [6.45, 7) is 7.35. The summed E-state index contributed by atoms with van der Waals surface area (Å²) in [4.78, 5) is 16.7. The van der Waals surface area contributed by atoms with E-state index in [1.165, 1.54) is 5.56 Å². The molecule has 0 aromatic heterocycles. The van der Waals surface area contributed by atoms with Crippen LogP contribution in [0.15, 0.2) is 66.2 Å². The van der Waals surface area contributed by atoms with Crippen LogP contribution < -0.4 is 14.8 Å². The van der Waals surface area contributed by atoms with E-state index < -0.39 is 0 Å². The summed E-state index contributed by atoms with van der Waals surface area (Å²) in [6, 6.07) is 20.2. The van der Waals surface area contributed by atoms with Gasteiger partial charge >= 0.3 is 0 Å². The Labute approximate surface area is 290 Å². The average molecular weight is 677 g/mol. The Morgan fingerprint density at radius 3 is 2.40 bits per heavy atom. The first-order valence-corrected chi connectivity index (χ1v) is 17.3. The molecule has 0 saturated heterocycles. The van der Waals surface area contributed by atoms with Gasteiger partial charge in [0.15, 0.2) is 0 Å². The van der Waals surface area contributed by atoms with Crippen molar-refractivity contribution >= 4 is 23.1 Å². The first-order chi connectivity index (χ1) is 23.4. The zero-order chi connectivity index (χ0) is 33.9. The standard InChI is InChI=1S/C39H49ClN2O6/c1-27-7-5-8-28(2)38(27)48-22-21-47-33-15-11-30(12-16-33)34-18-19-41-36(25-46-26-45-4)37(34)39(43)42(32-13-14-32)24-31-23-29(9-6-20-44-3)10-17-35(31)40/h5,7-8,10-12,15-17,23,32,36,41H,6,9,13-14,18-22,24-26H2,1-4H3. The van der Waals surface area contributed by atoms with Gasteiger partial charge in [-0.15, -0.1) is 0 Å². The lowest BCUT2D eigenvalue weighted by Crippen LogP contribution is -2.47. The zero-order valence-corrected chi connectivity index (χ0v) is 29.4. The van der Waals surface area contributed by atoms with Gasteiger partial charge in [-0.3, -0.25) is 4.79 Å². The number of nitrogens with zero attached hydrogens (tertiary/aromatic N) is 1. The van der Waals surface area contributed by atoms with Crippen molar-refractivity contribution < 1.29 is 28.5 Å². The number of aryl methyl sites for hydroxylation is 3. The van der Waals surface area contributed by atoms with E-state index >= 15 is 0 Å². The lowest BCUT2D eigenvalue weighted by Gasteiger charge is -2.33. The highest BCUT2D eigenvalue weighted by Gasteiger charge is 2.38. The van der Waals surface area contributed by atoms with Crippen LogP contribution in [0.2, 0.25) is 5.02 Å². The summed E-state index contributed by atoms with van der Waals surface area (Å²) in [5, 5.41) is 4.22. The molecule has 1 fully saturated rings. The first-order valence-electron chi connectivity index (χ1n) is 16.9. The first kappa shape index (κ1) is 35.9. The Morgan fingerprint density at radius 2 is 1.69 bits per heavy atom. The Balaban J connectivity index is 1.35. The minimum absolute atomic E-state index is 0.0237. The largest absolute Gasteiger partial charge is 0.490 e. The van der Waals surface area contributed by atoms with Gasteiger partial charge in [0.2, 0.25) is 0 Å². The molecule has 1 aliphatic heterocycles. The van der Waals surface area contributed by atoms with Gasteiger partial charge < -0.3 is 33.9 Å². The van der Waals surface area contributed by atoms with Gasteiger partial charge in [0.25, 0.3) is 5.91 Å². The molecule has 2 aliphatic rings. The van der Waals surface area contributed by atoms with E-state index in [1.807, 2.05) is 67.3 Å². The fraction of sp³-hybridized carbons (Fsp3) is 0.462. The van der Waals surface area contributed by atoms with E-state index in [-0.39, 0.29) is 24.8 Å². The third-order valence-corrected chi connectivity index (χ3v) is 9.25. The lowest BCUT2D eigenvalue weighted by molar-refractivity contribution is -0.129. The minimum atomic E-state index is -0.272. The van der Waals surface area contributed by atoms with Crippen molar-refractivity contribution in [3.05, 3.63) is 99.1 Å². The number of amides is 1. The summed E-state index contributed by atoms with van der Waals surface area (Å²) in [6.07, 6.45) is 4.51. The van der Waals surface area contributed by atoms with Crippen molar-refractivity contribution in [2.75, 3.05) is 54.0 Å². The maximum Gasteiger partial charge on any atom is 0.252 e. The predicted molar refractivity (Wildman–Crippen MR) is 190 cm³/mol. The second-order valence-corrected chi connectivity index (χ2v) is 13.0. The molecule has 0 spiro atoms. The Kier molecular flexibility index (Phi) is 13.3. The number of nitrogens with one attached hydrogen (secondary N) is 1. The molecule has 8 nitrogen and oxygen atoms in total. The SMILES string of the molecule is COCCCc1ccc(Cl)c(CN(C(=O)C2=C(c3ccc(OCCOc4c(C)cccc4C)cc3)CCNC2COCOC)C2CC2)c1. The van der Waals surface area contributed by atoms with Crippen LogP contribution in [-0.2, 0) is 32.0 Å². The Bertz CT molecular complexity index is 1520. The fourth-order valence-corrected chi connectivity index (χ4v) is 6.46. The van der Waals surface area contributed by atoms with E-state index in [0.29, 0.717) is 38.0 Å². The topological polar surface area (TPSA) is 78.5 Å². The smallest absolute Gasteiger partial charge is 0.252 e. The van der Waals surface area contributed by atoms with Crippen molar-refractivity contribution in [1.82, 2.24) is 10.2 Å². The van der Waals surface area contributed by atoms with Crippen LogP contribution in [0.1, 0.15) is 53.5 Å². The van der Waals surface area contributed by atoms with Gasteiger partial charge in [-0.05, 0) is 104 Å². The summed E-state index contributed by atoms with van der Waals surface area (Å²) < 4.78 is 28.2. The molecule has 0 bridgehead atoms. The van der Waals surface area contributed by atoms with Gasteiger partial charge in [0.05, 0.1) is 12.6 Å². The summed E-state index contributed by atoms with van der Waals surface area (Å²) >= 11 is 6.72. The number of hydrogen-bond acceptors (Lipinski definition) is 7. The number of para-hydroxylation sites is 1. The molecule has 1 amide bonds. The van der Waals surface area contributed by atoms with Crippen molar-refractivity contribution in [2.45, 2.75) is 64.6 Å². The van der Waals surface area contributed by atoms with E-state index in [4.69, 9.17) is 35.3 Å². The van der Waals surface area contributed by atoms with Gasteiger partial charge in [0, 0.05) is 44.0 Å². The third kappa shape index (κ3) is 9.61. The van der Waals surface area contributed by atoms with E-state index in [9.17, 15) is 4.79 Å². The number of benzene rings is 3. The van der Waals surface area contributed by atoms with E-state index in [1.54, 1.807) is 14.2 Å². The van der Waals surface area contributed by atoms with Crippen molar-refractivity contribution in [3.63, 3.8) is 0 Å². The quantitative estimate of drug-likeness (QED) is 0.116. The number of carbonyl (C=O) groups is 1. The summed E-state index contributed by atoms with van der Waals surface area (Å²) in [5.41, 5.74) is 7.16. The van der Waals surface area contributed by atoms with Gasteiger partial charge in [0.1, 0.15) is 31.5 Å². The maximum atomic E-state index is 14.7. The number of carbonyl (C=O) groups excluding carboxylic acids is 1. The molecule has 5 rings (SSSR count). The molecular formula is C39H49ClN2O6. The number of ether oxygens (including phenoxy) is 5. The highest BCUT2D eigenvalue weighted by Crippen LogP contribution is 2.36. The molecule has 1 N–H and O–H groups in total. The molecule has 1 heterocycles. The van der Waals surface area contributed by atoms with Crippen LogP contribution in [0.25, 0.3) is 5.57 Å². The summed E-state index contributed by atoms with van der Waals surface area (Å²) in [5.74, 6) is 1.69. The monoisotopic (exact) mass is 676 g/mol. The minimum Gasteiger partial charge on any atom is -0.490 e. The molecule has 1 saturated carbocycles. The number of rotatable bonds is 18. The van der Waals surface area contributed by atoms with Crippen LogP contribution in [-0.4, -0.2) is 76.9 Å². The second kappa shape index (κ2) is 17.8. The normalized spacial score (nSPS) is 16.2. The number of hydrogen-bond donors (Lipinski definition) is 1. The van der Waals surface area contributed by atoms with Gasteiger partial charge in [-0.1, -0.05) is 54.1 Å². The average Bonchev–Trinajstić information content (AvgIpc) is 3.93. The van der Waals surface area contributed by atoms with Crippen molar-refractivity contribution in [1.29, 1.82) is 0 Å². The van der Waals surface area contributed by atoms with E-state index in [2.05, 4.69) is 17.4 Å². The molecular weight excluding hydrogens is 628 g/mol. The van der Waals surface area contributed by atoms with Crippen LogP contribution in [0.4, 0.5) is 0 Å². The van der Waals surface area contributed by atoms with Crippen LogP contribution in [0.3, 0.4) is 0 Å². The molecule has 1 aliphatic carbocycles.